The number of carbonyl (C=O) groups excluding carboxylic acids is 3. The van der Waals surface area contributed by atoms with E-state index in [1.165, 1.54) is 18.2 Å². The van der Waals surface area contributed by atoms with Gasteiger partial charge in [-0.25, -0.2) is 4.39 Å². The number of carbonyl (C=O) groups is 3. The van der Waals surface area contributed by atoms with Crippen molar-refractivity contribution >= 4 is 29.3 Å². The number of benzene rings is 2. The summed E-state index contributed by atoms with van der Waals surface area (Å²) in [6, 6.07) is 10.4. The molecule has 0 saturated carbocycles. The molecule has 0 fully saturated rings. The Kier molecular flexibility index (Phi) is 6.90. The van der Waals surface area contributed by atoms with Gasteiger partial charge in [0.2, 0.25) is 0 Å². The lowest BCUT2D eigenvalue weighted by molar-refractivity contribution is -0.124. The van der Waals surface area contributed by atoms with Gasteiger partial charge in [0, 0.05) is 5.56 Å². The Hall–Kier alpha value is -2.93. The first kappa shape index (κ1) is 20.4. The average molecular weight is 392 g/mol. The van der Waals surface area contributed by atoms with Crippen LogP contribution in [0.3, 0.4) is 0 Å². The molecule has 27 heavy (non-hydrogen) atoms. The highest BCUT2D eigenvalue weighted by Crippen LogP contribution is 2.14. The summed E-state index contributed by atoms with van der Waals surface area (Å²) >= 11 is 5.94. The molecule has 0 aliphatic rings. The molecule has 2 aromatic carbocycles. The van der Waals surface area contributed by atoms with Crippen molar-refractivity contribution in [2.24, 2.45) is 5.92 Å². The van der Waals surface area contributed by atoms with Crippen molar-refractivity contribution in [1.29, 1.82) is 0 Å². The molecular formula is C19H19ClFN3O3. The molecule has 0 heterocycles. The number of rotatable bonds is 5. The van der Waals surface area contributed by atoms with Gasteiger partial charge in [-0.2, -0.15) is 0 Å². The fourth-order valence-corrected chi connectivity index (χ4v) is 2.49. The second kappa shape index (κ2) is 9.14. The summed E-state index contributed by atoms with van der Waals surface area (Å²) in [6.07, 6.45) is 0. The van der Waals surface area contributed by atoms with Crippen molar-refractivity contribution in [3.8, 4) is 0 Å². The monoisotopic (exact) mass is 391 g/mol. The summed E-state index contributed by atoms with van der Waals surface area (Å²) in [7, 11) is 0. The van der Waals surface area contributed by atoms with Gasteiger partial charge in [-0.1, -0.05) is 37.6 Å². The van der Waals surface area contributed by atoms with Gasteiger partial charge in [0.25, 0.3) is 17.7 Å². The number of halogens is 2. The maximum atomic E-state index is 13.0. The molecule has 8 heteroatoms. The van der Waals surface area contributed by atoms with E-state index >= 15 is 0 Å². The normalized spacial score (nSPS) is 11.6. The van der Waals surface area contributed by atoms with E-state index < -0.39 is 29.6 Å². The maximum absolute atomic E-state index is 13.0. The summed E-state index contributed by atoms with van der Waals surface area (Å²) in [5.74, 6) is -2.43. The topological polar surface area (TPSA) is 87.3 Å². The van der Waals surface area contributed by atoms with Crippen molar-refractivity contribution in [3.05, 3.63) is 70.5 Å². The lowest BCUT2D eigenvalue weighted by Crippen LogP contribution is -2.54. The Morgan fingerprint density at radius 1 is 0.926 bits per heavy atom. The van der Waals surface area contributed by atoms with Crippen LogP contribution in [0.4, 0.5) is 4.39 Å². The fraction of sp³-hybridized carbons (Fsp3) is 0.211. The third kappa shape index (κ3) is 5.52. The van der Waals surface area contributed by atoms with Gasteiger partial charge in [-0.15, -0.1) is 0 Å². The van der Waals surface area contributed by atoms with Crippen molar-refractivity contribution in [2.75, 3.05) is 0 Å². The van der Waals surface area contributed by atoms with E-state index in [-0.39, 0.29) is 22.1 Å². The van der Waals surface area contributed by atoms with Crippen LogP contribution in [-0.4, -0.2) is 23.8 Å². The van der Waals surface area contributed by atoms with Crippen LogP contribution in [0.25, 0.3) is 0 Å². The minimum Gasteiger partial charge on any atom is -0.340 e. The molecule has 0 radical (unpaired) electrons. The van der Waals surface area contributed by atoms with Crippen LogP contribution >= 0.6 is 11.6 Å². The molecule has 0 saturated heterocycles. The number of nitrogens with one attached hydrogen (secondary N) is 3. The minimum atomic E-state index is -0.908. The molecule has 1 unspecified atom stereocenters. The summed E-state index contributed by atoms with van der Waals surface area (Å²) in [4.78, 5) is 36.8. The van der Waals surface area contributed by atoms with E-state index in [4.69, 9.17) is 11.6 Å². The Balaban J connectivity index is 2.00. The van der Waals surface area contributed by atoms with Gasteiger partial charge < -0.3 is 5.32 Å². The Morgan fingerprint density at radius 2 is 1.56 bits per heavy atom. The highest BCUT2D eigenvalue weighted by atomic mass is 35.5. The molecule has 142 valence electrons. The van der Waals surface area contributed by atoms with Crippen LogP contribution in [0, 0.1) is 11.7 Å². The lowest BCUT2D eigenvalue weighted by Gasteiger charge is -2.22. The molecule has 3 N–H and O–H groups in total. The van der Waals surface area contributed by atoms with E-state index in [9.17, 15) is 18.8 Å². The standard InChI is InChI=1S/C19H19ClFN3O3/c1-11(2)16(22-17(25)12-7-9-13(21)10-8-12)19(27)24-23-18(26)14-5-3-4-6-15(14)20/h3-11,16H,1-2H3,(H,22,25)(H,23,26)(H,24,27). The number of hydrazine groups is 1. The zero-order valence-electron chi connectivity index (χ0n) is 14.8. The van der Waals surface area contributed by atoms with Gasteiger partial charge >= 0.3 is 0 Å². The molecule has 0 bridgehead atoms. The highest BCUT2D eigenvalue weighted by molar-refractivity contribution is 6.33. The minimum absolute atomic E-state index is 0.205. The smallest absolute Gasteiger partial charge is 0.271 e. The molecule has 0 aliphatic carbocycles. The Morgan fingerprint density at radius 3 is 2.15 bits per heavy atom. The molecule has 2 aromatic rings. The summed E-state index contributed by atoms with van der Waals surface area (Å²) < 4.78 is 13.0. The summed E-state index contributed by atoms with van der Waals surface area (Å²) in [6.45, 7) is 3.48. The zero-order chi connectivity index (χ0) is 20.0. The molecule has 6 nitrogen and oxygen atoms in total. The Labute approximate surface area is 161 Å². The SMILES string of the molecule is CC(C)C(NC(=O)c1ccc(F)cc1)C(=O)NNC(=O)c1ccccc1Cl. The summed E-state index contributed by atoms with van der Waals surface area (Å²) in [5.41, 5.74) is 4.98. The van der Waals surface area contributed by atoms with E-state index in [2.05, 4.69) is 16.2 Å². The molecule has 2 rings (SSSR count). The average Bonchev–Trinajstić information content (AvgIpc) is 2.64. The predicted molar refractivity (Wildman–Crippen MR) is 99.6 cm³/mol. The van der Waals surface area contributed by atoms with Crippen LogP contribution in [-0.2, 0) is 4.79 Å². The van der Waals surface area contributed by atoms with Gasteiger partial charge in [-0.05, 0) is 42.3 Å². The first-order chi connectivity index (χ1) is 12.8. The van der Waals surface area contributed by atoms with E-state index in [1.54, 1.807) is 32.0 Å². The van der Waals surface area contributed by atoms with Crippen molar-refractivity contribution < 1.29 is 18.8 Å². The van der Waals surface area contributed by atoms with Crippen molar-refractivity contribution in [3.63, 3.8) is 0 Å². The van der Waals surface area contributed by atoms with Gasteiger partial charge in [0.15, 0.2) is 0 Å². The largest absolute Gasteiger partial charge is 0.340 e. The molecular weight excluding hydrogens is 373 g/mol. The molecule has 0 aromatic heterocycles. The fourth-order valence-electron chi connectivity index (χ4n) is 2.27. The van der Waals surface area contributed by atoms with Crippen LogP contribution in [0.5, 0.6) is 0 Å². The molecule has 0 aliphatic heterocycles. The van der Waals surface area contributed by atoms with E-state index in [0.29, 0.717) is 0 Å². The second-order valence-electron chi connectivity index (χ2n) is 6.13. The van der Waals surface area contributed by atoms with Crippen LogP contribution in [0.2, 0.25) is 5.02 Å². The van der Waals surface area contributed by atoms with Gasteiger partial charge in [0.05, 0.1) is 10.6 Å². The highest BCUT2D eigenvalue weighted by Gasteiger charge is 2.25. The van der Waals surface area contributed by atoms with Crippen LogP contribution in [0.1, 0.15) is 34.6 Å². The van der Waals surface area contributed by atoms with E-state index in [0.717, 1.165) is 12.1 Å². The van der Waals surface area contributed by atoms with Gasteiger partial charge in [-0.3, -0.25) is 25.2 Å². The third-order valence-corrected chi connectivity index (χ3v) is 4.09. The van der Waals surface area contributed by atoms with Crippen LogP contribution < -0.4 is 16.2 Å². The third-order valence-electron chi connectivity index (χ3n) is 3.76. The number of hydrogen-bond donors (Lipinski definition) is 3. The van der Waals surface area contributed by atoms with Crippen molar-refractivity contribution in [1.82, 2.24) is 16.2 Å². The molecule has 1 atom stereocenters. The first-order valence-electron chi connectivity index (χ1n) is 8.20. The maximum Gasteiger partial charge on any atom is 0.271 e. The Bertz CT molecular complexity index is 840. The lowest BCUT2D eigenvalue weighted by atomic mass is 10.0. The summed E-state index contributed by atoms with van der Waals surface area (Å²) in [5, 5.41) is 2.82. The number of amides is 3. The van der Waals surface area contributed by atoms with E-state index in [1.807, 2.05) is 0 Å². The predicted octanol–water partition coefficient (Wildman–Crippen LogP) is 2.69. The first-order valence-corrected chi connectivity index (χ1v) is 8.58. The zero-order valence-corrected chi connectivity index (χ0v) is 15.5. The van der Waals surface area contributed by atoms with Crippen molar-refractivity contribution in [2.45, 2.75) is 19.9 Å². The number of hydrogen-bond acceptors (Lipinski definition) is 3. The molecule has 3 amide bonds. The quantitative estimate of drug-likeness (QED) is 0.685. The van der Waals surface area contributed by atoms with Crippen LogP contribution in [0.15, 0.2) is 48.5 Å². The van der Waals surface area contributed by atoms with Gasteiger partial charge in [0.1, 0.15) is 11.9 Å². The second-order valence-corrected chi connectivity index (χ2v) is 6.53. The molecule has 0 spiro atoms.